The molecule has 0 spiro atoms. The summed E-state index contributed by atoms with van der Waals surface area (Å²) in [4.78, 5) is 14.8. The molecule has 0 saturated carbocycles. The van der Waals surface area contributed by atoms with Gasteiger partial charge in [0.05, 0.1) is 5.92 Å². The van der Waals surface area contributed by atoms with Crippen LogP contribution in [0.2, 0.25) is 0 Å². The maximum absolute atomic E-state index is 12.8. The Kier molecular flexibility index (Phi) is 5.06. The van der Waals surface area contributed by atoms with E-state index in [9.17, 15) is 4.79 Å². The highest BCUT2D eigenvalue weighted by Crippen LogP contribution is 2.34. The van der Waals surface area contributed by atoms with Crippen molar-refractivity contribution in [2.75, 3.05) is 13.1 Å². The number of hydrogen-bond donors (Lipinski definition) is 1. The number of aryl methyl sites for hydroxylation is 1. The van der Waals surface area contributed by atoms with Gasteiger partial charge in [-0.1, -0.05) is 24.3 Å². The Balaban J connectivity index is 0.00000147. The standard InChI is InChI=1S/C16H22N2O.ClH/c17-11-13-7-4-10-18(13)16(19)15-9-3-6-12-5-1-2-8-14(12)15;/h1-2,5,8,13,15H,3-4,6-7,9-11,17H2;1H. The van der Waals surface area contributed by atoms with Crippen LogP contribution in [0.25, 0.3) is 0 Å². The summed E-state index contributed by atoms with van der Waals surface area (Å²) >= 11 is 0. The smallest absolute Gasteiger partial charge is 0.230 e. The molecule has 1 heterocycles. The van der Waals surface area contributed by atoms with Gasteiger partial charge in [-0.15, -0.1) is 12.4 Å². The third-order valence-corrected chi connectivity index (χ3v) is 4.60. The van der Waals surface area contributed by atoms with Crippen LogP contribution in [0.1, 0.15) is 42.7 Å². The van der Waals surface area contributed by atoms with Crippen molar-refractivity contribution in [1.82, 2.24) is 4.90 Å². The number of nitrogens with two attached hydrogens (primary N) is 1. The first-order valence-corrected chi connectivity index (χ1v) is 7.39. The van der Waals surface area contributed by atoms with E-state index in [1.54, 1.807) is 0 Å². The van der Waals surface area contributed by atoms with E-state index in [4.69, 9.17) is 5.73 Å². The van der Waals surface area contributed by atoms with Crippen LogP contribution in [-0.2, 0) is 11.2 Å². The van der Waals surface area contributed by atoms with Crippen LogP contribution in [0.15, 0.2) is 24.3 Å². The second kappa shape index (κ2) is 6.59. The maximum atomic E-state index is 12.8. The predicted molar refractivity (Wildman–Crippen MR) is 83.2 cm³/mol. The molecule has 2 N–H and O–H groups in total. The first-order valence-electron chi connectivity index (χ1n) is 7.39. The van der Waals surface area contributed by atoms with E-state index < -0.39 is 0 Å². The van der Waals surface area contributed by atoms with Gasteiger partial charge >= 0.3 is 0 Å². The molecule has 1 amide bonds. The van der Waals surface area contributed by atoms with Crippen molar-refractivity contribution in [1.29, 1.82) is 0 Å². The highest BCUT2D eigenvalue weighted by Gasteiger charge is 2.34. The first-order chi connectivity index (χ1) is 9.31. The fraction of sp³-hybridized carbons (Fsp3) is 0.562. The van der Waals surface area contributed by atoms with Crippen molar-refractivity contribution >= 4 is 18.3 Å². The molecule has 0 bridgehead atoms. The van der Waals surface area contributed by atoms with E-state index >= 15 is 0 Å². The zero-order valence-corrected chi connectivity index (χ0v) is 12.6. The predicted octanol–water partition coefficient (Wildman–Crippen LogP) is 2.48. The number of halogens is 1. The molecule has 2 unspecified atom stereocenters. The first kappa shape index (κ1) is 15.3. The van der Waals surface area contributed by atoms with E-state index in [2.05, 4.69) is 24.3 Å². The van der Waals surface area contributed by atoms with Crippen molar-refractivity contribution in [3.63, 3.8) is 0 Å². The van der Waals surface area contributed by atoms with Gasteiger partial charge in [0.2, 0.25) is 5.91 Å². The molecule has 4 heteroatoms. The number of fused-ring (bicyclic) bond motifs is 1. The van der Waals surface area contributed by atoms with Gasteiger partial charge in [0.1, 0.15) is 0 Å². The number of carbonyl (C=O) groups excluding carboxylic acids is 1. The second-order valence-electron chi connectivity index (χ2n) is 5.71. The minimum absolute atomic E-state index is 0. The van der Waals surface area contributed by atoms with Crippen LogP contribution < -0.4 is 5.73 Å². The summed E-state index contributed by atoms with van der Waals surface area (Å²) in [7, 11) is 0. The lowest BCUT2D eigenvalue weighted by Crippen LogP contribution is -2.43. The lowest BCUT2D eigenvalue weighted by molar-refractivity contribution is -0.133. The van der Waals surface area contributed by atoms with E-state index in [0.717, 1.165) is 38.6 Å². The SMILES string of the molecule is Cl.NCC1CCCN1C(=O)C1CCCc2ccccc21. The molecule has 110 valence electrons. The third-order valence-electron chi connectivity index (χ3n) is 4.60. The van der Waals surface area contributed by atoms with Gasteiger partial charge in [-0.2, -0.15) is 0 Å². The van der Waals surface area contributed by atoms with Gasteiger partial charge in [0.25, 0.3) is 0 Å². The molecule has 3 rings (SSSR count). The Labute approximate surface area is 126 Å². The normalized spacial score (nSPS) is 24.9. The monoisotopic (exact) mass is 294 g/mol. The van der Waals surface area contributed by atoms with Gasteiger partial charge in [0, 0.05) is 19.1 Å². The molecule has 3 nitrogen and oxygen atoms in total. The molecule has 1 aromatic rings. The number of amides is 1. The van der Waals surface area contributed by atoms with E-state index in [-0.39, 0.29) is 24.4 Å². The zero-order valence-electron chi connectivity index (χ0n) is 11.8. The molecule has 1 saturated heterocycles. The average Bonchev–Trinajstić information content (AvgIpc) is 2.94. The van der Waals surface area contributed by atoms with Crippen molar-refractivity contribution in [3.05, 3.63) is 35.4 Å². The second-order valence-corrected chi connectivity index (χ2v) is 5.71. The highest BCUT2D eigenvalue weighted by molar-refractivity contribution is 5.85. The Hall–Kier alpha value is -1.06. The number of nitrogens with zero attached hydrogens (tertiary/aromatic N) is 1. The van der Waals surface area contributed by atoms with Crippen molar-refractivity contribution in [2.45, 2.75) is 44.1 Å². The van der Waals surface area contributed by atoms with Gasteiger partial charge in [-0.05, 0) is 43.2 Å². The molecule has 0 aromatic heterocycles. The van der Waals surface area contributed by atoms with E-state index in [0.29, 0.717) is 12.5 Å². The third kappa shape index (κ3) is 2.70. The minimum atomic E-state index is 0. The molecule has 1 fully saturated rings. The van der Waals surface area contributed by atoms with Crippen LogP contribution in [0.3, 0.4) is 0 Å². The van der Waals surface area contributed by atoms with Gasteiger partial charge in [-0.3, -0.25) is 4.79 Å². The van der Waals surface area contributed by atoms with Gasteiger partial charge < -0.3 is 10.6 Å². The number of likely N-dealkylation sites (tertiary alicyclic amines) is 1. The summed E-state index contributed by atoms with van der Waals surface area (Å²) in [5, 5.41) is 0. The Morgan fingerprint density at radius 2 is 2.05 bits per heavy atom. The summed E-state index contributed by atoms with van der Waals surface area (Å²) in [6, 6.07) is 8.68. The molecular formula is C16H23ClN2O. The topological polar surface area (TPSA) is 46.3 Å². The number of hydrogen-bond acceptors (Lipinski definition) is 2. The van der Waals surface area contributed by atoms with Crippen LogP contribution in [-0.4, -0.2) is 29.9 Å². The Bertz CT molecular complexity index is 477. The Morgan fingerprint density at radius 3 is 2.85 bits per heavy atom. The van der Waals surface area contributed by atoms with E-state index in [1.807, 2.05) is 4.90 Å². The number of rotatable bonds is 2. The van der Waals surface area contributed by atoms with Gasteiger partial charge in [0.15, 0.2) is 0 Å². The fourth-order valence-electron chi connectivity index (χ4n) is 3.58. The van der Waals surface area contributed by atoms with Crippen molar-refractivity contribution in [2.24, 2.45) is 5.73 Å². The number of carbonyl (C=O) groups is 1. The summed E-state index contributed by atoms with van der Waals surface area (Å²) in [6.07, 6.45) is 5.39. The molecule has 1 aliphatic carbocycles. The molecule has 1 aromatic carbocycles. The number of benzene rings is 1. The maximum Gasteiger partial charge on any atom is 0.230 e. The molecule has 0 radical (unpaired) electrons. The zero-order chi connectivity index (χ0) is 13.2. The summed E-state index contributed by atoms with van der Waals surface area (Å²) in [6.45, 7) is 1.49. The lowest BCUT2D eigenvalue weighted by Gasteiger charge is -2.31. The Morgan fingerprint density at radius 1 is 1.25 bits per heavy atom. The van der Waals surface area contributed by atoms with Crippen LogP contribution >= 0.6 is 12.4 Å². The molecule has 2 aliphatic rings. The molecule has 20 heavy (non-hydrogen) atoms. The molecule has 1 aliphatic heterocycles. The summed E-state index contributed by atoms with van der Waals surface area (Å²) < 4.78 is 0. The minimum Gasteiger partial charge on any atom is -0.338 e. The summed E-state index contributed by atoms with van der Waals surface area (Å²) in [5.41, 5.74) is 8.40. The van der Waals surface area contributed by atoms with Crippen molar-refractivity contribution < 1.29 is 4.79 Å². The summed E-state index contributed by atoms with van der Waals surface area (Å²) in [5.74, 6) is 0.372. The quantitative estimate of drug-likeness (QED) is 0.911. The van der Waals surface area contributed by atoms with Crippen LogP contribution in [0, 0.1) is 0 Å². The van der Waals surface area contributed by atoms with Crippen LogP contribution in [0.4, 0.5) is 0 Å². The molecule has 2 atom stereocenters. The van der Waals surface area contributed by atoms with E-state index in [1.165, 1.54) is 11.1 Å². The average molecular weight is 295 g/mol. The van der Waals surface area contributed by atoms with Gasteiger partial charge in [-0.25, -0.2) is 0 Å². The highest BCUT2D eigenvalue weighted by atomic mass is 35.5. The van der Waals surface area contributed by atoms with Crippen LogP contribution in [0.5, 0.6) is 0 Å². The largest absolute Gasteiger partial charge is 0.338 e. The lowest BCUT2D eigenvalue weighted by atomic mass is 9.82. The fourth-order valence-corrected chi connectivity index (χ4v) is 3.58. The molecular weight excluding hydrogens is 272 g/mol. The van der Waals surface area contributed by atoms with Crippen molar-refractivity contribution in [3.8, 4) is 0 Å².